The Balaban J connectivity index is 1.34. The molecule has 0 amide bonds. The number of hydrogen-bond acceptors (Lipinski definition) is 0. The largest absolute Gasteiger partial charge is 0.207 e. The second-order valence-corrected chi connectivity index (χ2v) is 12.5. The van der Waals surface area contributed by atoms with E-state index < -0.39 is 8.80 Å². The minimum atomic E-state index is -0.456. The average molecular weight is 361 g/mol. The van der Waals surface area contributed by atoms with Crippen molar-refractivity contribution in [3.05, 3.63) is 35.6 Å². The summed E-state index contributed by atoms with van der Waals surface area (Å²) in [6.07, 6.45) is 16.0. The molecule has 0 radical (unpaired) electrons. The molecule has 1 saturated carbocycles. The summed E-state index contributed by atoms with van der Waals surface area (Å²) >= 11 is 0. The van der Waals surface area contributed by atoms with Gasteiger partial charge in [0.25, 0.3) is 0 Å². The highest BCUT2D eigenvalue weighted by Gasteiger charge is 2.31. The molecule has 1 aromatic rings. The molecule has 140 valence electrons. The molecule has 0 aromatic heterocycles. The minimum Gasteiger partial charge on any atom is -0.207 e. The predicted octanol–water partition coefficient (Wildman–Crippen LogP) is 7.15. The molecule has 1 aromatic carbocycles. The summed E-state index contributed by atoms with van der Waals surface area (Å²) in [4.78, 5) is 0. The molecule has 25 heavy (non-hydrogen) atoms. The normalized spacial score (nSPS) is 30.3. The maximum absolute atomic E-state index is 13.0. The maximum Gasteiger partial charge on any atom is 0.123 e. The van der Waals surface area contributed by atoms with Crippen molar-refractivity contribution in [1.29, 1.82) is 0 Å². The fraction of sp³-hybridized carbons (Fsp3) is 0.739. The number of aryl methyl sites for hydroxylation is 1. The Hall–Kier alpha value is -0.633. The molecule has 1 heterocycles. The van der Waals surface area contributed by atoms with Crippen molar-refractivity contribution >= 4 is 8.80 Å². The van der Waals surface area contributed by atoms with Crippen molar-refractivity contribution in [2.45, 2.75) is 95.2 Å². The van der Waals surface area contributed by atoms with E-state index in [9.17, 15) is 4.39 Å². The zero-order chi connectivity index (χ0) is 17.5. The van der Waals surface area contributed by atoms with Gasteiger partial charge < -0.3 is 0 Å². The summed E-state index contributed by atoms with van der Waals surface area (Å²) in [7, 11) is -0.456. The number of halogens is 1. The minimum absolute atomic E-state index is 0.111. The first-order valence-corrected chi connectivity index (χ1v) is 13.3. The Kier molecular flexibility index (Phi) is 7.58. The van der Waals surface area contributed by atoms with Crippen molar-refractivity contribution in [2.75, 3.05) is 0 Å². The Labute approximate surface area is 156 Å². The number of benzene rings is 1. The van der Waals surface area contributed by atoms with Crippen LogP contribution in [0.4, 0.5) is 4.39 Å². The van der Waals surface area contributed by atoms with Gasteiger partial charge in [-0.15, -0.1) is 0 Å². The lowest BCUT2D eigenvalue weighted by atomic mass is 9.85. The summed E-state index contributed by atoms with van der Waals surface area (Å²) in [6.45, 7) is 2.33. The van der Waals surface area contributed by atoms with Gasteiger partial charge in [-0.1, -0.05) is 88.9 Å². The fourth-order valence-electron chi connectivity index (χ4n) is 5.41. The van der Waals surface area contributed by atoms with E-state index in [1.165, 1.54) is 49.6 Å². The van der Waals surface area contributed by atoms with Crippen LogP contribution in [0.1, 0.15) is 76.7 Å². The van der Waals surface area contributed by atoms with Crippen molar-refractivity contribution in [3.8, 4) is 0 Å². The van der Waals surface area contributed by atoms with Crippen LogP contribution in [0.5, 0.6) is 0 Å². The average Bonchev–Trinajstić information content (AvgIpc) is 2.67. The lowest BCUT2D eigenvalue weighted by molar-refractivity contribution is 0.325. The summed E-state index contributed by atoms with van der Waals surface area (Å²) < 4.78 is 13.0. The first-order chi connectivity index (χ1) is 12.2. The number of rotatable bonds is 7. The standard InChI is InChI=1S/C23H37FSi/c1-2-3-4-19-9-13-23(14-10-19)25-17-15-21(16-18-25)6-5-20-7-11-22(24)12-8-20/h7-8,11-12,19,21,23,25H,2-6,9-10,13-18H2,1H3. The Morgan fingerprint density at radius 3 is 2.16 bits per heavy atom. The van der Waals surface area contributed by atoms with E-state index >= 15 is 0 Å². The summed E-state index contributed by atoms with van der Waals surface area (Å²) in [5, 5.41) is 0. The monoisotopic (exact) mass is 360 g/mol. The fourth-order valence-corrected chi connectivity index (χ4v) is 9.77. The molecule has 2 heteroatoms. The van der Waals surface area contributed by atoms with Crippen molar-refractivity contribution in [2.24, 2.45) is 11.8 Å². The Bertz CT molecular complexity index is 481. The second-order valence-electron chi connectivity index (χ2n) is 8.87. The predicted molar refractivity (Wildman–Crippen MR) is 109 cm³/mol. The third-order valence-electron chi connectivity index (χ3n) is 7.17. The summed E-state index contributed by atoms with van der Waals surface area (Å²) in [5.74, 6) is 1.90. The van der Waals surface area contributed by atoms with Gasteiger partial charge in [0.1, 0.15) is 5.82 Å². The van der Waals surface area contributed by atoms with Crippen molar-refractivity contribution in [1.82, 2.24) is 0 Å². The van der Waals surface area contributed by atoms with E-state index in [2.05, 4.69) is 6.92 Å². The van der Waals surface area contributed by atoms with E-state index in [4.69, 9.17) is 0 Å². The van der Waals surface area contributed by atoms with Crippen molar-refractivity contribution < 1.29 is 4.39 Å². The van der Waals surface area contributed by atoms with Crippen LogP contribution in [0.2, 0.25) is 17.6 Å². The number of unbranched alkanes of at least 4 members (excludes halogenated alkanes) is 1. The van der Waals surface area contributed by atoms with Crippen molar-refractivity contribution in [3.63, 3.8) is 0 Å². The molecule has 0 unspecified atom stereocenters. The molecular formula is C23H37FSi. The van der Waals surface area contributed by atoms with Gasteiger partial charge in [-0.3, -0.25) is 0 Å². The van der Waals surface area contributed by atoms with Crippen LogP contribution in [0, 0.1) is 17.7 Å². The lowest BCUT2D eigenvalue weighted by Crippen LogP contribution is -2.29. The molecule has 1 saturated heterocycles. The zero-order valence-electron chi connectivity index (χ0n) is 16.2. The van der Waals surface area contributed by atoms with E-state index in [0.717, 1.165) is 18.3 Å². The molecule has 0 bridgehead atoms. The maximum atomic E-state index is 13.0. The molecule has 1 aliphatic carbocycles. The summed E-state index contributed by atoms with van der Waals surface area (Å²) in [5.41, 5.74) is 2.49. The number of hydrogen-bond donors (Lipinski definition) is 0. The lowest BCUT2D eigenvalue weighted by Gasteiger charge is -2.37. The third kappa shape index (κ3) is 5.94. The smallest absolute Gasteiger partial charge is 0.123 e. The molecule has 0 atom stereocenters. The van der Waals surface area contributed by atoms with Crippen LogP contribution < -0.4 is 0 Å². The van der Waals surface area contributed by atoms with Crippen LogP contribution in [-0.4, -0.2) is 8.80 Å². The van der Waals surface area contributed by atoms with E-state index in [0.29, 0.717) is 0 Å². The SMILES string of the molecule is CCCCC1CCC([SiH]2CCC(CCc3ccc(F)cc3)CC2)CC1. The van der Waals surface area contributed by atoms with Crippen LogP contribution >= 0.6 is 0 Å². The third-order valence-corrected chi connectivity index (χ3v) is 11.3. The Morgan fingerprint density at radius 2 is 1.52 bits per heavy atom. The highest BCUT2D eigenvalue weighted by molar-refractivity contribution is 6.60. The van der Waals surface area contributed by atoms with Crippen LogP contribution in [-0.2, 0) is 6.42 Å². The van der Waals surface area contributed by atoms with Gasteiger partial charge >= 0.3 is 0 Å². The Morgan fingerprint density at radius 1 is 0.880 bits per heavy atom. The molecule has 1 aliphatic heterocycles. The van der Waals surface area contributed by atoms with Gasteiger partial charge in [0.2, 0.25) is 0 Å². The first kappa shape index (κ1) is 19.1. The van der Waals surface area contributed by atoms with Gasteiger partial charge in [-0.05, 0) is 47.9 Å². The highest BCUT2D eigenvalue weighted by Crippen LogP contribution is 2.42. The summed E-state index contributed by atoms with van der Waals surface area (Å²) in [6, 6.07) is 10.4. The van der Waals surface area contributed by atoms with Gasteiger partial charge in [0.05, 0.1) is 0 Å². The van der Waals surface area contributed by atoms with Gasteiger partial charge in [0.15, 0.2) is 0 Å². The molecule has 0 nitrogen and oxygen atoms in total. The quantitative estimate of drug-likeness (QED) is 0.453. The van der Waals surface area contributed by atoms with E-state index in [1.54, 1.807) is 49.9 Å². The van der Waals surface area contributed by atoms with Crippen LogP contribution in [0.25, 0.3) is 0 Å². The molecular weight excluding hydrogens is 323 g/mol. The second kappa shape index (κ2) is 9.90. The van der Waals surface area contributed by atoms with Crippen LogP contribution in [0.3, 0.4) is 0 Å². The molecule has 2 fully saturated rings. The van der Waals surface area contributed by atoms with Gasteiger partial charge in [0, 0.05) is 8.80 Å². The first-order valence-electron chi connectivity index (χ1n) is 11.0. The van der Waals surface area contributed by atoms with E-state index in [1.807, 2.05) is 12.1 Å². The van der Waals surface area contributed by atoms with Crippen LogP contribution in [0.15, 0.2) is 24.3 Å². The molecule has 3 rings (SSSR count). The highest BCUT2D eigenvalue weighted by atomic mass is 28.3. The van der Waals surface area contributed by atoms with Gasteiger partial charge in [-0.25, -0.2) is 4.39 Å². The van der Waals surface area contributed by atoms with Gasteiger partial charge in [-0.2, -0.15) is 0 Å². The molecule has 2 aliphatic rings. The molecule has 0 N–H and O–H groups in total. The van der Waals surface area contributed by atoms with E-state index in [-0.39, 0.29) is 5.82 Å². The zero-order valence-corrected chi connectivity index (χ0v) is 17.3. The topological polar surface area (TPSA) is 0 Å². The molecule has 0 spiro atoms.